The van der Waals surface area contributed by atoms with E-state index in [9.17, 15) is 0 Å². The van der Waals surface area contributed by atoms with Gasteiger partial charge in [0.1, 0.15) is 16.2 Å². The number of methoxy groups -OCH3 is 9. The third-order valence-electron chi connectivity index (χ3n) is 34.7. The topological polar surface area (TPSA) is 237 Å². The first-order valence-corrected chi connectivity index (χ1v) is 35.7. The first kappa shape index (κ1) is 60.3. The maximum Gasteiger partial charge on any atom is 0.336 e. The zero-order chi connectivity index (χ0) is 79.3. The molecule has 0 bridgehead atoms. The molecule has 0 amide bonds. The Bertz CT molecular complexity index is 6840. The molecule has 0 spiro atoms. The normalized spacial score (nSPS) is 41.1. The van der Waals surface area contributed by atoms with E-state index in [0.29, 0.717) is 64.0 Å². The lowest BCUT2D eigenvalue weighted by atomic mass is 9.32. The van der Waals surface area contributed by atoms with Gasteiger partial charge in [0, 0.05) is 66.8 Å². The number of carbonyl (C=O) groups is 9. The number of carbonyl (C=O) groups excluding carboxylic acids is 9. The van der Waals surface area contributed by atoms with Crippen LogP contribution in [0, 0.1) is 16.2 Å². The maximum absolute atomic E-state index is 24.5. The van der Waals surface area contributed by atoms with Gasteiger partial charge in [-0.2, -0.15) is 0 Å². The molecular weight excluding hydrogens is 1550 g/mol. The van der Waals surface area contributed by atoms with E-state index in [4.69, 9.17) is 42.6 Å². The van der Waals surface area contributed by atoms with Crippen LogP contribution in [-0.2, 0) is 170 Å². The van der Waals surface area contributed by atoms with Gasteiger partial charge < -0.3 is 42.6 Å². The highest BCUT2D eigenvalue weighted by Crippen LogP contribution is 3.08. The van der Waals surface area contributed by atoms with E-state index in [0.717, 1.165) is 0 Å². The summed E-state index contributed by atoms with van der Waals surface area (Å²) in [6.45, 7) is 0. The number of hydrogen-bond acceptors (Lipinski definition) is 18. The van der Waals surface area contributed by atoms with Crippen LogP contribution in [0.1, 0.15) is 100 Å². The third kappa shape index (κ3) is 3.04. The van der Waals surface area contributed by atoms with Crippen LogP contribution in [0.15, 0.2) is 0 Å². The molecule has 0 aromatic heterocycles. The minimum Gasteiger partial charge on any atom is -0.468 e. The second-order valence-electron chi connectivity index (χ2n) is 34.6. The predicted molar refractivity (Wildman–Crippen MR) is 346 cm³/mol. The summed E-state index contributed by atoms with van der Waals surface area (Å²) in [7, 11) is 2.93. The number of alkyl halides is 15. The largest absolute Gasteiger partial charge is 0.468 e. The number of benzene rings is 11. The molecule has 18 nitrogen and oxygen atoms in total. The minimum atomic E-state index is -6.77. The number of hydrogen-bond donors (Lipinski definition) is 0. The molecule has 18 aliphatic rings. The van der Waals surface area contributed by atoms with E-state index in [1.165, 1.54) is 0 Å². The Morgan fingerprint density at radius 2 is 0.281 bits per heavy atom. The second kappa shape index (κ2) is 13.5. The van der Waals surface area contributed by atoms with Gasteiger partial charge >= 0.3 is 53.7 Å². The lowest BCUT2D eigenvalue weighted by Crippen LogP contribution is -2.90. The molecule has 0 aliphatic heterocycles. The van der Waals surface area contributed by atoms with Crippen molar-refractivity contribution >= 4 is 183 Å². The van der Waals surface area contributed by atoms with E-state index in [1.54, 1.807) is 0 Å². The van der Waals surface area contributed by atoms with E-state index >= 15 is 109 Å². The summed E-state index contributed by atoms with van der Waals surface area (Å²) in [5.41, 5.74) is -173. The standard InChI is InChI=1S/C81H27F15O18/c1-106-52(97)61(53(98)107-2,54(99)108-3)64-34-25-16-10-11-13-15-14-12(10)18-22(16)31-40(34)67(82)69(84)42(31)36-27(18)29-20(14)24-21(15)30-28-19(13)23-17(11)26(25)35(64)41-32(23)43-37(28)66(63(58(103)112-7,59(104)113-8)60(105)114-9)39(30)45-33(24)44-38(29)65(36,62(55(100)109-4,56(101)110-5)57(102)111-6)80(95)75(69,90)48-46-47-49-51-50(48)77(80,92)71(44,86)72(45,87)78(51,93)81(66,96)76(49,91)70(43,85)68(41,83)74(47,89)79(64,94)73(46,67)88/h1-9H3. The van der Waals surface area contributed by atoms with Crippen LogP contribution in [0.3, 0.4) is 0 Å². The molecule has 33 heteroatoms. The van der Waals surface area contributed by atoms with Gasteiger partial charge in [0.2, 0.25) is 85.0 Å². The summed E-state index contributed by atoms with van der Waals surface area (Å²) >= 11 is 0. The average molecular weight is 1570 g/mol. The first-order valence-electron chi connectivity index (χ1n) is 35.7. The van der Waals surface area contributed by atoms with Crippen LogP contribution in [-0.4, -0.2) is 135 Å². The average Bonchev–Trinajstić information content (AvgIpc) is 1.33. The van der Waals surface area contributed by atoms with Crippen LogP contribution >= 0.6 is 0 Å². The molecule has 12 unspecified atom stereocenters. The van der Waals surface area contributed by atoms with Crippen molar-refractivity contribution in [3.63, 3.8) is 0 Å². The predicted octanol–water partition coefficient (Wildman–Crippen LogP) is 10.8. The Kier molecular flexibility index (Phi) is 7.13. The Labute approximate surface area is 614 Å². The number of rotatable bonds is 12. The molecule has 0 radical (unpaired) electrons. The second-order valence-corrected chi connectivity index (χ2v) is 34.6. The zero-order valence-corrected chi connectivity index (χ0v) is 58.0. The molecule has 564 valence electrons. The third-order valence-corrected chi connectivity index (χ3v) is 34.7. The molecule has 14 aromatic carbocycles. The molecule has 0 heterocycles. The fraction of sp³-hybridized carbons (Fsp3) is 0.370. The highest BCUT2D eigenvalue weighted by atomic mass is 19.2. The lowest BCUT2D eigenvalue weighted by molar-refractivity contribution is -0.371. The molecular formula is C81H27F15O18. The van der Waals surface area contributed by atoms with Crippen LogP contribution in [0.2, 0.25) is 0 Å². The van der Waals surface area contributed by atoms with Gasteiger partial charge in [0.15, 0.2) is 0 Å². The summed E-state index contributed by atoms with van der Waals surface area (Å²) in [6, 6.07) is 0. The Morgan fingerprint density at radius 3 is 0.404 bits per heavy atom. The van der Waals surface area contributed by atoms with Crippen molar-refractivity contribution in [1.82, 2.24) is 0 Å². The van der Waals surface area contributed by atoms with Crippen molar-refractivity contribution < 1.29 is 152 Å². The minimum absolute atomic E-state index is 0.325. The van der Waals surface area contributed by atoms with E-state index in [1.807, 2.05) is 0 Å². The van der Waals surface area contributed by atoms with E-state index in [2.05, 4.69) is 0 Å². The highest BCUT2D eigenvalue weighted by molar-refractivity contribution is 6.68. The van der Waals surface area contributed by atoms with Gasteiger partial charge in [-0.1, -0.05) is 0 Å². The van der Waals surface area contributed by atoms with Crippen molar-refractivity contribution in [3.05, 3.63) is 100 Å². The zero-order valence-electron chi connectivity index (χ0n) is 58.0. The molecule has 0 saturated carbocycles. The van der Waals surface area contributed by atoms with Crippen molar-refractivity contribution in [1.29, 1.82) is 0 Å². The van der Waals surface area contributed by atoms with Gasteiger partial charge in [-0.3, -0.25) is 43.2 Å². The SMILES string of the molecule is COC(=O)C(C(=O)OC)(C(=O)OC)C12c3c4c5c6c7c8c9c%10c%11c%12c%13c%14c%15c%16c%17c%18c%19c(c1c1c3c3c5c8c5c3c3c1c%19c%16c3c1c%15c%12c9c51)C1(F)C%18(F)C3(F)c5c8c9c%12c%15c5C(F)(C%13(F)C%11(F)C%15(F)C(F)(C%12(F)C6(F)C4(F)C9(F)C2(F)C81F)C7%10C(C(=O)OC)(C(=O)OC)C(=O)OC)C3(F)C%17%14C(C(=O)OC)(C(=O)OC)C(=O)OC. The van der Waals surface area contributed by atoms with Crippen LogP contribution < -0.4 is 0 Å². The van der Waals surface area contributed by atoms with Gasteiger partial charge in [-0.25, -0.2) is 65.9 Å². The van der Waals surface area contributed by atoms with Gasteiger partial charge in [-0.05, 0) is 163 Å². The van der Waals surface area contributed by atoms with Gasteiger partial charge in [0.05, 0.1) is 64.0 Å². The summed E-state index contributed by atoms with van der Waals surface area (Å²) in [5.74, 6) is -23.9. The van der Waals surface area contributed by atoms with Crippen LogP contribution in [0.5, 0.6) is 0 Å². The quantitative estimate of drug-likeness (QED) is 0.0363. The number of halogens is 15. The number of ether oxygens (including phenoxy) is 9. The molecule has 0 saturated heterocycles. The first-order chi connectivity index (χ1) is 53.8. The van der Waals surface area contributed by atoms with Crippen molar-refractivity contribution in [2.75, 3.05) is 64.0 Å². The highest BCUT2D eigenvalue weighted by Gasteiger charge is 3.20. The smallest absolute Gasteiger partial charge is 0.336 e. The van der Waals surface area contributed by atoms with Gasteiger partial charge in [0.25, 0.3) is 16.2 Å². The Balaban J connectivity index is 1.09. The Morgan fingerprint density at radius 1 is 0.167 bits per heavy atom. The van der Waals surface area contributed by atoms with Crippen molar-refractivity contribution in [3.8, 4) is 0 Å². The molecule has 18 aliphatic carbocycles. The maximum atomic E-state index is 24.5. The molecule has 114 heavy (non-hydrogen) atoms. The summed E-state index contributed by atoms with van der Waals surface area (Å²) < 4.78 is 408. The van der Waals surface area contributed by atoms with E-state index < -0.39 is 401 Å². The van der Waals surface area contributed by atoms with Crippen LogP contribution in [0.4, 0.5) is 65.9 Å². The monoisotopic (exact) mass is 1570 g/mol. The molecule has 0 N–H and O–H groups in total. The molecule has 12 atom stereocenters. The Hall–Kier alpha value is -11.3. The number of esters is 9. The summed E-state index contributed by atoms with van der Waals surface area (Å²) in [6.07, 6.45) is 0. The lowest BCUT2D eigenvalue weighted by Gasteiger charge is -2.71. The summed E-state index contributed by atoms with van der Waals surface area (Å²) in [4.78, 5) is 150. The summed E-state index contributed by atoms with van der Waals surface area (Å²) in [5, 5.41) is -20.1. The fourth-order valence-corrected chi connectivity index (χ4v) is 33.7. The van der Waals surface area contributed by atoms with Crippen molar-refractivity contribution in [2.24, 2.45) is 16.2 Å². The van der Waals surface area contributed by atoms with Crippen molar-refractivity contribution in [2.45, 2.75) is 101 Å². The van der Waals surface area contributed by atoms with E-state index in [-0.39, 0.29) is 0 Å². The van der Waals surface area contributed by atoms with Gasteiger partial charge in [-0.15, -0.1) is 0 Å². The fourth-order valence-electron chi connectivity index (χ4n) is 33.7. The molecule has 0 fully saturated rings. The molecule has 32 rings (SSSR count). The molecule has 14 aromatic rings. The van der Waals surface area contributed by atoms with Crippen LogP contribution in [0.25, 0.3) is 129 Å².